The van der Waals surface area contributed by atoms with Crippen molar-refractivity contribution in [2.45, 2.75) is 23.0 Å². The average Bonchev–Trinajstić information content (AvgIpc) is 2.89. The number of hydrogen-bond acceptors (Lipinski definition) is 13. The standard InChI is InChI=1S/C7H2N30O/c8-29-20-5(21-30-9,22-31-10)4(38-3-18-1-17-2-19-3,6(23-32-11,24-33-12)25-34-13)7(26-35-14,27-36-15)28-37-16/h1-2H. The molecule has 38 heavy (non-hydrogen) atoms. The van der Waals surface area contributed by atoms with Crippen LogP contribution in [0.1, 0.15) is 0 Å². The van der Waals surface area contributed by atoms with Crippen molar-refractivity contribution in [2.24, 2.45) is 46.0 Å². The Labute approximate surface area is 202 Å². The van der Waals surface area contributed by atoms with Gasteiger partial charge in [0.1, 0.15) is 12.7 Å². The fourth-order valence-corrected chi connectivity index (χ4v) is 2.67. The van der Waals surface area contributed by atoms with Gasteiger partial charge in [0.05, 0.1) is 0 Å². The third kappa shape index (κ3) is 4.63. The Morgan fingerprint density at radius 3 is 0.921 bits per heavy atom. The van der Waals surface area contributed by atoms with Gasteiger partial charge in [-0.1, -0.05) is 46.0 Å². The van der Waals surface area contributed by atoms with Gasteiger partial charge in [-0.25, -0.2) is 4.98 Å². The quantitative estimate of drug-likeness (QED) is 0.167. The van der Waals surface area contributed by atoms with E-state index in [4.69, 9.17) is 4.74 Å². The Bertz CT molecular complexity index is 1210. The third-order valence-corrected chi connectivity index (χ3v) is 3.79. The minimum absolute atomic E-state index is 0.705. The van der Waals surface area contributed by atoms with Crippen molar-refractivity contribution in [1.82, 2.24) is 15.0 Å². The second kappa shape index (κ2) is 12.7. The van der Waals surface area contributed by atoms with E-state index in [9.17, 15) is 49.8 Å². The van der Waals surface area contributed by atoms with E-state index in [2.05, 4.69) is 105 Å². The first-order valence-corrected chi connectivity index (χ1v) is 8.25. The Morgan fingerprint density at radius 2 is 0.711 bits per heavy atom. The summed E-state index contributed by atoms with van der Waals surface area (Å²) >= 11 is 0. The van der Waals surface area contributed by atoms with Gasteiger partial charge in [-0.3, -0.25) is 0 Å². The van der Waals surface area contributed by atoms with Gasteiger partial charge in [-0.05, 0) is 49.8 Å². The van der Waals surface area contributed by atoms with E-state index in [1.54, 1.807) is 0 Å². The summed E-state index contributed by atoms with van der Waals surface area (Å²) in [6, 6.07) is -1.10. The molecule has 0 fully saturated rings. The molecule has 0 atom stereocenters. The van der Waals surface area contributed by atoms with Crippen molar-refractivity contribution in [2.75, 3.05) is 0 Å². The highest BCUT2D eigenvalue weighted by molar-refractivity contribution is 5.29. The second-order valence-corrected chi connectivity index (χ2v) is 5.32. The second-order valence-electron chi connectivity index (χ2n) is 5.32. The van der Waals surface area contributed by atoms with Crippen molar-refractivity contribution in [1.29, 1.82) is 0 Å². The number of aromatic nitrogens is 3. The van der Waals surface area contributed by atoms with E-state index in [0.29, 0.717) is 12.7 Å². The van der Waals surface area contributed by atoms with Crippen LogP contribution in [0.2, 0.25) is 0 Å². The minimum Gasteiger partial charge on any atom is -0.454 e. The topological polar surface area (TPSA) is 487 Å². The van der Waals surface area contributed by atoms with Gasteiger partial charge in [0, 0.05) is 44.2 Å². The van der Waals surface area contributed by atoms with Gasteiger partial charge < -0.3 is 4.74 Å². The number of rotatable bonds is 14. The Balaban J connectivity index is 5.18. The molecule has 0 saturated heterocycles. The molecule has 1 heterocycles. The summed E-state index contributed by atoms with van der Waals surface area (Å²) in [6.07, 6.45) is 1.41. The molecule has 1 aromatic heterocycles. The Hall–Kier alpha value is -7.40. The lowest BCUT2D eigenvalue weighted by atomic mass is 9.80. The van der Waals surface area contributed by atoms with E-state index >= 15 is 0 Å². The molecule has 0 radical (unpaired) electrons. The molecule has 0 aliphatic rings. The first kappa shape index (κ1) is 28.6. The molecule has 0 bridgehead atoms. The smallest absolute Gasteiger partial charge is 0.319 e. The normalized spacial score (nSPS) is 15.2. The minimum atomic E-state index is -4.13. The SMILES string of the molecule is [N-]=[N+]=NC(N=[N+]=[N-])(N=[N+]=[N-])C(Oc1ncncn1)(C(N=[N+]=[N-])(N=[N+]=[N-])N=[N+]=[N-])C(N=[N+]=[N-])(N=[N+]=[N-])N=[N+]=[N-]. The molecule has 0 spiro atoms. The summed E-state index contributed by atoms with van der Waals surface area (Å²) < 4.78 is 5.43. The van der Waals surface area contributed by atoms with Crippen LogP contribution < -0.4 is 4.74 Å². The van der Waals surface area contributed by atoms with Crippen LogP contribution in [-0.2, 0) is 0 Å². The van der Waals surface area contributed by atoms with Crippen molar-refractivity contribution < 1.29 is 4.74 Å². The Kier molecular flexibility index (Phi) is 9.60. The molecule has 0 amide bonds. The highest BCUT2D eigenvalue weighted by atomic mass is 16.5. The highest BCUT2D eigenvalue weighted by Gasteiger charge is 2.76. The molecule has 0 aliphatic carbocycles. The molecular formula is C7H2N30O. The van der Waals surface area contributed by atoms with Crippen LogP contribution in [0.25, 0.3) is 94.0 Å². The largest absolute Gasteiger partial charge is 0.454 e. The summed E-state index contributed by atoms with van der Waals surface area (Å²) in [7, 11) is 0. The zero-order valence-corrected chi connectivity index (χ0v) is 17.5. The predicted octanol–water partition coefficient (Wildman–Crippen LogP) is 5.74. The van der Waals surface area contributed by atoms with Crippen LogP contribution in [0.3, 0.4) is 0 Å². The van der Waals surface area contributed by atoms with E-state index in [-0.39, 0.29) is 0 Å². The molecule has 0 N–H and O–H groups in total. The van der Waals surface area contributed by atoms with Gasteiger partial charge in [0.25, 0.3) is 0 Å². The molecule has 186 valence electrons. The fraction of sp³-hybridized carbons (Fsp3) is 0.571. The summed E-state index contributed by atoms with van der Waals surface area (Å²) in [5.74, 6) is -11.7. The zero-order chi connectivity index (χ0) is 28.5. The van der Waals surface area contributed by atoms with Crippen LogP contribution in [-0.4, -0.2) is 37.9 Å². The highest BCUT2D eigenvalue weighted by Crippen LogP contribution is 2.55. The van der Waals surface area contributed by atoms with Gasteiger partial charge in [0.2, 0.25) is 17.4 Å². The number of azide groups is 3. The maximum atomic E-state index is 9.27. The number of ether oxygens (including phenoxy) is 1. The molecule has 1 aromatic rings. The summed E-state index contributed by atoms with van der Waals surface area (Å²) in [5, 5.41) is 26.8. The predicted molar refractivity (Wildman–Crippen MR) is 114 cm³/mol. The molecule has 0 unspecified atom stereocenters. The van der Waals surface area contributed by atoms with Crippen molar-refractivity contribution in [3.8, 4) is 6.01 Å². The van der Waals surface area contributed by atoms with E-state index in [1.165, 1.54) is 0 Å². The van der Waals surface area contributed by atoms with Crippen LogP contribution >= 0.6 is 0 Å². The monoisotopic (exact) mass is 522 g/mol. The number of nitrogens with zero attached hydrogens (tertiary/aromatic N) is 30. The van der Waals surface area contributed by atoms with Crippen LogP contribution in [0.15, 0.2) is 58.7 Å². The summed E-state index contributed by atoms with van der Waals surface area (Å²) in [4.78, 5) is 31.1. The van der Waals surface area contributed by atoms with Crippen molar-refractivity contribution >= 4 is 0 Å². The molecular weight excluding hydrogens is 520 g/mol. The van der Waals surface area contributed by atoms with E-state index < -0.39 is 29.0 Å². The zero-order valence-electron chi connectivity index (χ0n) is 17.5. The summed E-state index contributed by atoms with van der Waals surface area (Å²) in [5.41, 5.74) is 79.3. The lowest BCUT2D eigenvalue weighted by molar-refractivity contribution is -0.124. The van der Waals surface area contributed by atoms with Gasteiger partial charge in [-0.2, -0.15) is 9.97 Å². The Morgan fingerprint density at radius 1 is 0.474 bits per heavy atom. The van der Waals surface area contributed by atoms with Crippen LogP contribution in [0.5, 0.6) is 6.01 Å². The molecule has 0 saturated carbocycles. The molecule has 31 heteroatoms. The molecule has 1 rings (SSSR count). The van der Waals surface area contributed by atoms with E-state index in [0.717, 1.165) is 0 Å². The van der Waals surface area contributed by atoms with Crippen molar-refractivity contribution in [3.05, 3.63) is 107 Å². The average molecular weight is 522 g/mol. The van der Waals surface area contributed by atoms with Gasteiger partial charge in [-0.15, -0.1) is 0 Å². The number of hydrogen-bond donors (Lipinski definition) is 0. The maximum absolute atomic E-state index is 9.27. The third-order valence-electron chi connectivity index (χ3n) is 3.79. The van der Waals surface area contributed by atoms with Crippen LogP contribution in [0.4, 0.5) is 0 Å². The summed E-state index contributed by atoms with van der Waals surface area (Å²) in [6.45, 7) is 0. The molecule has 0 aliphatic heterocycles. The van der Waals surface area contributed by atoms with E-state index in [1.807, 2.05) is 0 Å². The maximum Gasteiger partial charge on any atom is 0.319 e. The van der Waals surface area contributed by atoms with Crippen LogP contribution in [0, 0.1) is 0 Å². The first-order chi connectivity index (χ1) is 18.4. The lowest BCUT2D eigenvalue weighted by Gasteiger charge is -2.53. The fourth-order valence-electron chi connectivity index (χ4n) is 2.67. The van der Waals surface area contributed by atoms with Gasteiger partial charge >= 0.3 is 6.01 Å². The lowest BCUT2D eigenvalue weighted by Crippen LogP contribution is -2.76. The van der Waals surface area contributed by atoms with Gasteiger partial charge in [0.15, 0.2) is 5.60 Å². The molecule has 0 aromatic carbocycles. The first-order valence-electron chi connectivity index (χ1n) is 8.25. The van der Waals surface area contributed by atoms with Crippen molar-refractivity contribution in [3.63, 3.8) is 0 Å². The molecule has 31 nitrogen and oxygen atoms in total.